The molecule has 0 aromatic carbocycles. The quantitative estimate of drug-likeness (QED) is 0.549. The second kappa shape index (κ2) is 3.13. The fourth-order valence-corrected chi connectivity index (χ4v) is 4.13. The molecule has 0 radical (unpaired) electrons. The Morgan fingerprint density at radius 1 is 1.31 bits per heavy atom. The van der Waals surface area contributed by atoms with E-state index in [1.807, 2.05) is 0 Å². The Kier molecular flexibility index (Phi) is 2.73. The summed E-state index contributed by atoms with van der Waals surface area (Å²) in [6, 6.07) is 0. The Hall–Kier alpha value is 0.250. The lowest BCUT2D eigenvalue weighted by molar-refractivity contribution is -0.391. The third-order valence-corrected chi connectivity index (χ3v) is 4.86. The van der Waals surface area contributed by atoms with Crippen molar-refractivity contribution in [2.45, 2.75) is 40.0 Å². The highest BCUT2D eigenvalue weighted by molar-refractivity contribution is 5.07. The van der Waals surface area contributed by atoms with Crippen LogP contribution in [0.3, 0.4) is 0 Å². The van der Waals surface area contributed by atoms with Gasteiger partial charge in [0.15, 0.2) is 0 Å². The summed E-state index contributed by atoms with van der Waals surface area (Å²) in [5.74, 6) is 1.87. The van der Waals surface area contributed by atoms with Gasteiger partial charge in [0.1, 0.15) is 0 Å². The van der Waals surface area contributed by atoms with Crippen molar-refractivity contribution in [2.75, 3.05) is 6.54 Å². The Morgan fingerprint density at radius 2 is 1.92 bits per heavy atom. The van der Waals surface area contributed by atoms with Gasteiger partial charge in [-0.15, -0.1) is 0 Å². The maximum Gasteiger partial charge on any atom is 0.0778 e. The van der Waals surface area contributed by atoms with E-state index in [9.17, 15) is 0 Å². The Balaban J connectivity index is 0.000000845. The normalized spacial score (nSPS) is 46.2. The monoisotopic (exact) mass is 203 g/mol. The van der Waals surface area contributed by atoms with E-state index < -0.39 is 0 Å². The van der Waals surface area contributed by atoms with Crippen molar-refractivity contribution in [3.63, 3.8) is 0 Å². The third-order valence-electron chi connectivity index (χ3n) is 4.86. The van der Waals surface area contributed by atoms with Crippen molar-refractivity contribution in [3.8, 4) is 0 Å². The summed E-state index contributed by atoms with van der Waals surface area (Å²) in [5.41, 5.74) is 5.35. The predicted molar refractivity (Wildman–Crippen MR) is 50.5 cm³/mol. The number of fused-ring (bicyclic) bond motifs is 2. The van der Waals surface area contributed by atoms with Gasteiger partial charge in [0.25, 0.3) is 0 Å². The highest BCUT2D eigenvalue weighted by Crippen LogP contribution is 2.65. The summed E-state index contributed by atoms with van der Waals surface area (Å²) in [5, 5.41) is 0. The van der Waals surface area contributed by atoms with E-state index in [0.29, 0.717) is 10.8 Å². The lowest BCUT2D eigenvalue weighted by Gasteiger charge is -2.40. The van der Waals surface area contributed by atoms with Gasteiger partial charge in [-0.25, -0.2) is 0 Å². The van der Waals surface area contributed by atoms with Crippen LogP contribution in [-0.2, 0) is 0 Å². The van der Waals surface area contributed by atoms with Crippen LogP contribution in [0.5, 0.6) is 0 Å². The maximum absolute atomic E-state index is 4.13. The van der Waals surface area contributed by atoms with Crippen LogP contribution >= 0.6 is 0 Å². The fourth-order valence-electron chi connectivity index (χ4n) is 4.13. The molecule has 2 aliphatic rings. The van der Waals surface area contributed by atoms with E-state index in [1.165, 1.54) is 19.3 Å². The first-order valence-electron chi connectivity index (χ1n) is 5.30. The van der Waals surface area contributed by atoms with Crippen LogP contribution in [0.4, 0.5) is 0 Å². The summed E-state index contributed by atoms with van der Waals surface area (Å²) in [6.45, 7) is 8.54. The molecule has 0 aliphatic heterocycles. The lowest BCUT2D eigenvalue weighted by Crippen LogP contribution is -3.00. The Morgan fingerprint density at radius 3 is 2.23 bits per heavy atom. The van der Waals surface area contributed by atoms with Crippen molar-refractivity contribution >= 4 is 0 Å². The minimum atomic E-state index is 0. The zero-order valence-electron chi connectivity index (χ0n) is 9.07. The summed E-state index contributed by atoms with van der Waals surface area (Å²) >= 11 is 0. The Bertz CT molecular complexity index is 198. The molecule has 0 aromatic heterocycles. The molecule has 0 aromatic rings. The fraction of sp³-hybridized carbons (Fsp3) is 1.00. The first-order chi connectivity index (χ1) is 5.50. The molecule has 2 aliphatic carbocycles. The third kappa shape index (κ3) is 1.32. The summed E-state index contributed by atoms with van der Waals surface area (Å²) < 4.78 is 0. The topological polar surface area (TPSA) is 27.6 Å². The molecule has 2 bridgehead atoms. The average molecular weight is 204 g/mol. The van der Waals surface area contributed by atoms with E-state index in [4.69, 9.17) is 0 Å². The molecule has 2 rings (SSSR count). The number of quaternary nitrogens is 1. The molecule has 2 heteroatoms. The SMILES string of the molecule is CC1(C)[C@H]2CC[C@](C)(C2)[C@H]1C[NH3+].[Cl-]. The second-order valence-electron chi connectivity index (χ2n) is 5.76. The second-order valence-corrected chi connectivity index (χ2v) is 5.76. The highest BCUT2D eigenvalue weighted by Gasteiger charge is 2.59. The molecule has 1 nitrogen and oxygen atoms in total. The van der Waals surface area contributed by atoms with Crippen molar-refractivity contribution in [1.29, 1.82) is 0 Å². The van der Waals surface area contributed by atoms with Crippen LogP contribution in [0.2, 0.25) is 0 Å². The number of hydrogen-bond acceptors (Lipinski definition) is 0. The molecule has 78 valence electrons. The summed E-state index contributed by atoms with van der Waals surface area (Å²) in [4.78, 5) is 0. The first-order valence-corrected chi connectivity index (χ1v) is 5.30. The van der Waals surface area contributed by atoms with Gasteiger partial charge in [-0.05, 0) is 36.0 Å². The van der Waals surface area contributed by atoms with Gasteiger partial charge in [0.05, 0.1) is 6.54 Å². The van der Waals surface area contributed by atoms with E-state index >= 15 is 0 Å². The van der Waals surface area contributed by atoms with Crippen LogP contribution in [-0.4, -0.2) is 6.54 Å². The minimum absolute atomic E-state index is 0. The number of halogens is 1. The summed E-state index contributed by atoms with van der Waals surface area (Å²) in [7, 11) is 0. The van der Waals surface area contributed by atoms with E-state index in [2.05, 4.69) is 26.5 Å². The van der Waals surface area contributed by atoms with Crippen molar-refractivity contribution in [3.05, 3.63) is 0 Å². The molecule has 2 fully saturated rings. The zero-order chi connectivity index (χ0) is 8.98. The minimum Gasteiger partial charge on any atom is -1.00 e. The Labute approximate surface area is 87.9 Å². The van der Waals surface area contributed by atoms with E-state index in [-0.39, 0.29) is 12.4 Å². The molecule has 0 saturated heterocycles. The molecule has 0 spiro atoms. The lowest BCUT2D eigenvalue weighted by atomic mass is 9.64. The predicted octanol–water partition coefficient (Wildman–Crippen LogP) is -1.31. The van der Waals surface area contributed by atoms with Crippen LogP contribution in [0.1, 0.15) is 40.0 Å². The van der Waals surface area contributed by atoms with Crippen molar-refractivity contribution in [2.24, 2.45) is 22.7 Å². The molecule has 3 atom stereocenters. The van der Waals surface area contributed by atoms with Gasteiger partial charge >= 0.3 is 0 Å². The number of hydrogen-bond donors (Lipinski definition) is 1. The zero-order valence-corrected chi connectivity index (χ0v) is 9.82. The van der Waals surface area contributed by atoms with Gasteiger partial charge in [0, 0.05) is 5.92 Å². The van der Waals surface area contributed by atoms with Crippen LogP contribution in [0.15, 0.2) is 0 Å². The smallest absolute Gasteiger partial charge is 0.0778 e. The average Bonchev–Trinajstić information content (AvgIpc) is 2.39. The van der Waals surface area contributed by atoms with Gasteiger partial charge in [0.2, 0.25) is 0 Å². The van der Waals surface area contributed by atoms with Gasteiger partial charge in [-0.1, -0.05) is 20.8 Å². The van der Waals surface area contributed by atoms with Crippen LogP contribution in [0, 0.1) is 22.7 Å². The molecular formula is C11H22ClN. The van der Waals surface area contributed by atoms with Crippen molar-refractivity contribution < 1.29 is 18.1 Å². The molecule has 0 heterocycles. The van der Waals surface area contributed by atoms with Crippen molar-refractivity contribution in [1.82, 2.24) is 0 Å². The van der Waals surface area contributed by atoms with Crippen LogP contribution in [0.25, 0.3) is 0 Å². The summed E-state index contributed by atoms with van der Waals surface area (Å²) in [6.07, 6.45) is 4.40. The van der Waals surface area contributed by atoms with E-state index in [1.54, 1.807) is 0 Å². The molecule has 0 amide bonds. The molecule has 3 N–H and O–H groups in total. The standard InChI is InChI=1S/C11H21N.ClH/c1-10(2)8-4-5-11(3,6-8)9(10)7-12;/h8-9H,4-7,12H2,1-3H3;1H/t8-,9-,11+;/m0./s1. The largest absolute Gasteiger partial charge is 1.00 e. The van der Waals surface area contributed by atoms with Gasteiger partial charge < -0.3 is 18.1 Å². The molecule has 2 saturated carbocycles. The van der Waals surface area contributed by atoms with E-state index in [0.717, 1.165) is 18.4 Å². The van der Waals surface area contributed by atoms with Gasteiger partial charge in [-0.2, -0.15) is 0 Å². The highest BCUT2D eigenvalue weighted by atomic mass is 35.5. The molecular weight excluding hydrogens is 182 g/mol. The molecule has 0 unspecified atom stereocenters. The first kappa shape index (κ1) is 11.3. The van der Waals surface area contributed by atoms with Gasteiger partial charge in [-0.3, -0.25) is 0 Å². The number of rotatable bonds is 1. The van der Waals surface area contributed by atoms with Crippen LogP contribution < -0.4 is 18.1 Å². The molecule has 13 heavy (non-hydrogen) atoms. The maximum atomic E-state index is 4.13.